The number of aliphatic hydroxyl groups is 2. The van der Waals surface area contributed by atoms with Crippen molar-refractivity contribution in [3.63, 3.8) is 0 Å². The number of para-hydroxylation sites is 1. The third-order valence-corrected chi connectivity index (χ3v) is 2.88. The number of nitrogens with zero attached hydrogens (tertiary/aromatic N) is 2. The second-order valence-electron chi connectivity index (χ2n) is 4.72. The van der Waals surface area contributed by atoms with Crippen LogP contribution in [0.15, 0.2) is 30.5 Å². The van der Waals surface area contributed by atoms with Crippen molar-refractivity contribution in [2.24, 2.45) is 0 Å². The van der Waals surface area contributed by atoms with Gasteiger partial charge in [-0.1, -0.05) is 32.0 Å². The molecule has 2 rings (SSSR count). The minimum atomic E-state index is -0.223. The van der Waals surface area contributed by atoms with Gasteiger partial charge in [0.05, 0.1) is 19.4 Å². The highest BCUT2D eigenvalue weighted by Gasteiger charge is 2.12. The molecule has 5 heteroatoms. The van der Waals surface area contributed by atoms with E-state index in [0.29, 0.717) is 28.6 Å². The summed E-state index contributed by atoms with van der Waals surface area (Å²) in [6.45, 7) is 3.63. The van der Waals surface area contributed by atoms with Crippen LogP contribution in [-0.4, -0.2) is 20.2 Å². The molecule has 0 aliphatic carbocycles. The van der Waals surface area contributed by atoms with Gasteiger partial charge < -0.3 is 14.9 Å². The lowest BCUT2D eigenvalue weighted by molar-refractivity contribution is 0.266. The highest BCUT2D eigenvalue weighted by atomic mass is 16.5. The Morgan fingerprint density at radius 2 is 1.85 bits per heavy atom. The van der Waals surface area contributed by atoms with Crippen LogP contribution in [-0.2, 0) is 13.2 Å². The van der Waals surface area contributed by atoms with Crippen LogP contribution < -0.4 is 4.74 Å². The number of hydrogen-bond acceptors (Lipinski definition) is 5. The predicted octanol–water partition coefficient (Wildman–Crippen LogP) is 2.38. The van der Waals surface area contributed by atoms with Crippen molar-refractivity contribution in [1.29, 1.82) is 0 Å². The highest BCUT2D eigenvalue weighted by Crippen LogP contribution is 2.27. The van der Waals surface area contributed by atoms with E-state index in [0.717, 1.165) is 0 Å². The van der Waals surface area contributed by atoms with E-state index in [-0.39, 0.29) is 19.1 Å². The summed E-state index contributed by atoms with van der Waals surface area (Å²) >= 11 is 0. The van der Waals surface area contributed by atoms with Crippen LogP contribution >= 0.6 is 0 Å². The molecule has 0 saturated heterocycles. The Balaban J connectivity index is 2.33. The Hall–Kier alpha value is -1.98. The summed E-state index contributed by atoms with van der Waals surface area (Å²) in [7, 11) is 0. The van der Waals surface area contributed by atoms with Gasteiger partial charge in [0, 0.05) is 11.5 Å². The van der Waals surface area contributed by atoms with Crippen molar-refractivity contribution < 1.29 is 14.9 Å². The zero-order valence-corrected chi connectivity index (χ0v) is 11.6. The van der Waals surface area contributed by atoms with Gasteiger partial charge in [0.1, 0.15) is 17.3 Å². The van der Waals surface area contributed by atoms with E-state index in [1.54, 1.807) is 18.3 Å². The maximum atomic E-state index is 9.41. The van der Waals surface area contributed by atoms with Gasteiger partial charge in [-0.25, -0.2) is 9.97 Å². The molecule has 1 aromatic heterocycles. The van der Waals surface area contributed by atoms with Gasteiger partial charge in [0.15, 0.2) is 5.75 Å². The van der Waals surface area contributed by atoms with Gasteiger partial charge in [-0.05, 0) is 6.07 Å². The summed E-state index contributed by atoms with van der Waals surface area (Å²) in [6.07, 6.45) is 1.56. The van der Waals surface area contributed by atoms with Crippen LogP contribution in [0.25, 0.3) is 0 Å². The summed E-state index contributed by atoms with van der Waals surface area (Å²) < 4.78 is 5.71. The molecule has 2 aromatic rings. The fourth-order valence-corrected chi connectivity index (χ4v) is 1.75. The fraction of sp³-hybridized carbons (Fsp3) is 0.333. The third kappa shape index (κ3) is 3.12. The second-order valence-corrected chi connectivity index (χ2v) is 4.72. The second kappa shape index (κ2) is 6.45. The lowest BCUT2D eigenvalue weighted by Gasteiger charge is -2.13. The molecule has 2 N–H and O–H groups in total. The Morgan fingerprint density at radius 3 is 2.50 bits per heavy atom. The fourth-order valence-electron chi connectivity index (χ4n) is 1.75. The third-order valence-electron chi connectivity index (χ3n) is 2.88. The van der Waals surface area contributed by atoms with Crippen molar-refractivity contribution in [1.82, 2.24) is 9.97 Å². The molecule has 0 unspecified atom stereocenters. The van der Waals surface area contributed by atoms with Crippen molar-refractivity contribution >= 4 is 0 Å². The van der Waals surface area contributed by atoms with Crippen LogP contribution in [0.2, 0.25) is 0 Å². The number of aromatic nitrogens is 2. The van der Waals surface area contributed by atoms with Gasteiger partial charge in [-0.15, -0.1) is 0 Å². The number of hydrogen-bond donors (Lipinski definition) is 2. The molecule has 106 valence electrons. The van der Waals surface area contributed by atoms with E-state index >= 15 is 0 Å². The molecule has 1 aromatic carbocycles. The maximum absolute atomic E-state index is 9.41. The molecule has 0 radical (unpaired) electrons. The Kier molecular flexibility index (Phi) is 4.65. The van der Waals surface area contributed by atoms with Gasteiger partial charge in [-0.2, -0.15) is 0 Å². The molecule has 0 aliphatic rings. The van der Waals surface area contributed by atoms with Crippen molar-refractivity contribution in [3.05, 3.63) is 47.5 Å². The average molecular weight is 274 g/mol. The maximum Gasteiger partial charge on any atom is 0.169 e. The predicted molar refractivity (Wildman–Crippen MR) is 74.5 cm³/mol. The van der Waals surface area contributed by atoms with Crippen molar-refractivity contribution in [2.75, 3.05) is 0 Å². The van der Waals surface area contributed by atoms with Crippen molar-refractivity contribution in [3.8, 4) is 11.5 Å². The molecular formula is C15H18N2O3. The summed E-state index contributed by atoms with van der Waals surface area (Å²) in [6, 6.07) is 7.17. The lowest BCUT2D eigenvalue weighted by atomic mass is 10.2. The van der Waals surface area contributed by atoms with Crippen LogP contribution in [0.1, 0.15) is 36.8 Å². The molecule has 20 heavy (non-hydrogen) atoms. The van der Waals surface area contributed by atoms with Crippen LogP contribution in [0.5, 0.6) is 11.5 Å². The molecule has 1 heterocycles. The van der Waals surface area contributed by atoms with Gasteiger partial charge >= 0.3 is 0 Å². The first-order valence-electron chi connectivity index (χ1n) is 6.49. The summed E-state index contributed by atoms with van der Waals surface area (Å²) in [4.78, 5) is 8.52. The Bertz CT molecular complexity index is 585. The molecular weight excluding hydrogens is 256 g/mol. The topological polar surface area (TPSA) is 75.5 Å². The summed E-state index contributed by atoms with van der Waals surface area (Å²) in [5, 5.41) is 18.7. The Labute approximate surface area is 117 Å². The average Bonchev–Trinajstić information content (AvgIpc) is 2.48. The minimum Gasteiger partial charge on any atom is -0.453 e. The van der Waals surface area contributed by atoms with Crippen LogP contribution in [0, 0.1) is 0 Å². The van der Waals surface area contributed by atoms with Gasteiger partial charge in [-0.3, -0.25) is 0 Å². The molecule has 0 spiro atoms. The number of ether oxygens (including phenoxy) is 1. The minimum absolute atomic E-state index is 0.116. The lowest BCUT2D eigenvalue weighted by Crippen LogP contribution is -2.04. The molecule has 0 fully saturated rings. The van der Waals surface area contributed by atoms with Gasteiger partial charge in [0.2, 0.25) is 0 Å². The SMILES string of the molecule is CC(C)c1ncc(Oc2ccccc2CO)c(CO)n1. The first-order chi connectivity index (χ1) is 9.65. The van der Waals surface area contributed by atoms with E-state index in [1.807, 2.05) is 26.0 Å². The van der Waals surface area contributed by atoms with E-state index in [9.17, 15) is 10.2 Å². The van der Waals surface area contributed by atoms with E-state index in [1.165, 1.54) is 0 Å². The number of aliphatic hydroxyl groups excluding tert-OH is 2. The number of benzene rings is 1. The molecule has 5 nitrogen and oxygen atoms in total. The smallest absolute Gasteiger partial charge is 0.169 e. The summed E-state index contributed by atoms with van der Waals surface area (Å²) in [5.74, 6) is 1.78. The van der Waals surface area contributed by atoms with Gasteiger partial charge in [0.25, 0.3) is 0 Å². The molecule has 0 saturated carbocycles. The normalized spacial score (nSPS) is 10.8. The number of rotatable bonds is 5. The largest absolute Gasteiger partial charge is 0.453 e. The van der Waals surface area contributed by atoms with E-state index in [2.05, 4.69) is 9.97 Å². The first kappa shape index (κ1) is 14.4. The molecule has 0 atom stereocenters. The van der Waals surface area contributed by atoms with Crippen LogP contribution in [0.4, 0.5) is 0 Å². The first-order valence-corrected chi connectivity index (χ1v) is 6.49. The highest BCUT2D eigenvalue weighted by molar-refractivity contribution is 5.38. The Morgan fingerprint density at radius 1 is 1.10 bits per heavy atom. The van der Waals surface area contributed by atoms with Crippen molar-refractivity contribution in [2.45, 2.75) is 33.0 Å². The van der Waals surface area contributed by atoms with E-state index in [4.69, 9.17) is 4.74 Å². The van der Waals surface area contributed by atoms with E-state index < -0.39 is 0 Å². The molecule has 0 amide bonds. The monoisotopic (exact) mass is 274 g/mol. The summed E-state index contributed by atoms with van der Waals surface area (Å²) in [5.41, 5.74) is 1.11. The standard InChI is InChI=1S/C15H18N2O3/c1-10(2)15-16-7-14(12(9-19)17-15)20-13-6-4-3-5-11(13)8-18/h3-7,10,18-19H,8-9H2,1-2H3. The molecule has 0 bridgehead atoms. The quantitative estimate of drug-likeness (QED) is 0.875. The van der Waals surface area contributed by atoms with Crippen LogP contribution in [0.3, 0.4) is 0 Å². The zero-order valence-electron chi connectivity index (χ0n) is 11.6. The molecule has 0 aliphatic heterocycles. The zero-order chi connectivity index (χ0) is 14.5.